The molecule has 4 rings (SSSR count). The first-order chi connectivity index (χ1) is 18.4. The first-order valence-corrected chi connectivity index (χ1v) is 13.4. The van der Waals surface area contributed by atoms with Gasteiger partial charge in [0.05, 0.1) is 31.3 Å². The highest BCUT2D eigenvalue weighted by atomic mass is 35.5. The van der Waals surface area contributed by atoms with Crippen molar-refractivity contribution in [1.82, 2.24) is 9.80 Å². The summed E-state index contributed by atoms with van der Waals surface area (Å²) in [5, 5.41) is 8.85. The number of rotatable bonds is 9. The number of benzene rings is 3. The van der Waals surface area contributed by atoms with E-state index in [1.54, 1.807) is 31.2 Å². The number of carbonyl (C=O) groups is 2. The number of nitrogens with one attached hydrogen (secondary N) is 1. The van der Waals surface area contributed by atoms with Crippen molar-refractivity contribution in [2.24, 2.45) is 5.92 Å². The van der Waals surface area contributed by atoms with Crippen molar-refractivity contribution < 1.29 is 14.4 Å². The highest BCUT2D eigenvalue weighted by Gasteiger charge is 2.37. The van der Waals surface area contributed by atoms with Gasteiger partial charge in [-0.15, -0.1) is 0 Å². The normalized spacial score (nSPS) is 15.4. The third kappa shape index (κ3) is 6.60. The number of nitrogens with zero attached hydrogens (tertiary/aromatic N) is 3. The summed E-state index contributed by atoms with van der Waals surface area (Å²) in [5.74, 6) is 0.666. The topological polar surface area (TPSA) is 72.7 Å². The first kappa shape index (κ1) is 27.8. The largest absolute Gasteiger partial charge is 0.350 e. The zero-order valence-corrected chi connectivity index (χ0v) is 22.7. The maximum absolute atomic E-state index is 13.4. The number of urea groups is 1. The van der Waals surface area contributed by atoms with Crippen LogP contribution >= 0.6 is 11.6 Å². The van der Waals surface area contributed by atoms with Gasteiger partial charge in [0.1, 0.15) is 12.2 Å². The molecule has 1 fully saturated rings. The molecule has 3 aromatic carbocycles. The number of carbonyl (C=O) groups excluding carboxylic acids is 2. The molecule has 1 aliphatic rings. The Balaban J connectivity index is 1.57. The lowest BCUT2D eigenvalue weighted by Gasteiger charge is -2.36. The van der Waals surface area contributed by atoms with E-state index in [-0.39, 0.29) is 10.4 Å². The molecule has 1 N–H and O–H groups in total. The lowest BCUT2D eigenvalue weighted by molar-refractivity contribution is -0.128. The minimum absolute atomic E-state index is 0.0930. The van der Waals surface area contributed by atoms with Gasteiger partial charge in [-0.05, 0) is 43.0 Å². The number of amides is 3. The van der Waals surface area contributed by atoms with Crippen molar-refractivity contribution in [2.75, 3.05) is 37.1 Å². The molecule has 0 aromatic heterocycles. The van der Waals surface area contributed by atoms with Crippen molar-refractivity contribution in [1.29, 1.82) is 0 Å². The van der Waals surface area contributed by atoms with Crippen LogP contribution in [0.1, 0.15) is 31.7 Å². The molecule has 7 nitrogen and oxygen atoms in total. The van der Waals surface area contributed by atoms with Crippen LogP contribution in [0.5, 0.6) is 0 Å². The summed E-state index contributed by atoms with van der Waals surface area (Å²) in [6, 6.07) is 24.1. The fourth-order valence-electron chi connectivity index (χ4n) is 5.05. The molecule has 3 aromatic rings. The van der Waals surface area contributed by atoms with Crippen LogP contribution in [0.3, 0.4) is 0 Å². The second-order valence-corrected chi connectivity index (χ2v) is 10.1. The molecule has 3 amide bonds. The molecule has 1 saturated heterocycles. The molecule has 1 aliphatic heterocycles. The minimum Gasteiger partial charge on any atom is -0.306 e. The summed E-state index contributed by atoms with van der Waals surface area (Å²) in [4.78, 5) is 31.6. The second kappa shape index (κ2) is 13.0. The van der Waals surface area contributed by atoms with Gasteiger partial charge in [0.15, 0.2) is 0 Å². The molecule has 1 radical (unpaired) electrons. The highest BCUT2D eigenvalue weighted by Crippen LogP contribution is 2.32. The molecular weight excluding hydrogens is 500 g/mol. The zero-order valence-electron chi connectivity index (χ0n) is 22.0. The molecule has 0 aliphatic carbocycles. The fourth-order valence-corrected chi connectivity index (χ4v) is 5.26. The van der Waals surface area contributed by atoms with Crippen LogP contribution in [0.15, 0.2) is 78.9 Å². The van der Waals surface area contributed by atoms with Gasteiger partial charge in [0.2, 0.25) is 0 Å². The van der Waals surface area contributed by atoms with Gasteiger partial charge in [0.25, 0.3) is 0 Å². The molecule has 0 spiro atoms. The van der Waals surface area contributed by atoms with E-state index in [1.807, 2.05) is 42.5 Å². The number of halogens is 1. The van der Waals surface area contributed by atoms with E-state index < -0.39 is 6.03 Å². The minimum atomic E-state index is -0.479. The van der Waals surface area contributed by atoms with Crippen molar-refractivity contribution in [3.05, 3.63) is 89.4 Å². The standard InChI is InChI=1S/C30H34ClN4O3/c1-23(36)35(22-25-8-4-3-5-9-25,21-18-24-16-19-32-20-17-24)27-14-12-26(13-15-27)33-30(37)34(38-2)29-11-7-6-10-28(29)31/h3-15,24H,16-22H2,1-2H3/p+1. The summed E-state index contributed by atoms with van der Waals surface area (Å²) in [6.07, 6.45) is 3.12. The molecule has 1 unspecified atom stereocenters. The molecule has 199 valence electrons. The first-order valence-electron chi connectivity index (χ1n) is 13.0. The summed E-state index contributed by atoms with van der Waals surface area (Å²) < 4.78 is 0.218. The van der Waals surface area contributed by atoms with E-state index in [1.165, 1.54) is 7.11 Å². The lowest BCUT2D eigenvalue weighted by atomic mass is 9.93. The van der Waals surface area contributed by atoms with Crippen LogP contribution in [-0.4, -0.2) is 38.7 Å². The van der Waals surface area contributed by atoms with Crippen molar-refractivity contribution in [3.63, 3.8) is 0 Å². The Kier molecular flexibility index (Phi) is 9.53. The molecule has 0 bridgehead atoms. The molecule has 1 heterocycles. The van der Waals surface area contributed by atoms with Crippen LogP contribution in [0.2, 0.25) is 5.02 Å². The average Bonchev–Trinajstić information content (AvgIpc) is 2.94. The van der Waals surface area contributed by atoms with Crippen LogP contribution in [-0.2, 0) is 16.2 Å². The number of anilines is 2. The number of quaternary nitrogens is 1. The number of piperidine rings is 1. The van der Waals surface area contributed by atoms with Crippen molar-refractivity contribution in [2.45, 2.75) is 32.7 Å². The number of hydrogen-bond acceptors (Lipinski definition) is 3. The smallest absolute Gasteiger partial charge is 0.306 e. The maximum Gasteiger partial charge on any atom is 0.350 e. The summed E-state index contributed by atoms with van der Waals surface area (Å²) >= 11 is 6.26. The number of hydroxylamine groups is 1. The van der Waals surface area contributed by atoms with Gasteiger partial charge in [-0.1, -0.05) is 54.1 Å². The third-order valence-corrected chi connectivity index (χ3v) is 7.58. The third-order valence-electron chi connectivity index (χ3n) is 7.26. The number of hydrogen-bond donors (Lipinski definition) is 1. The second-order valence-electron chi connectivity index (χ2n) is 9.66. The quantitative estimate of drug-likeness (QED) is 0.255. The van der Waals surface area contributed by atoms with Crippen molar-refractivity contribution in [3.8, 4) is 0 Å². The summed E-state index contributed by atoms with van der Waals surface area (Å²) in [6.45, 7) is 4.78. The van der Waals surface area contributed by atoms with E-state index in [2.05, 4.69) is 22.8 Å². The van der Waals surface area contributed by atoms with Crippen molar-refractivity contribution >= 4 is 40.6 Å². The van der Waals surface area contributed by atoms with Gasteiger partial charge in [-0.25, -0.2) is 19.4 Å². The zero-order chi connectivity index (χ0) is 27.0. The van der Waals surface area contributed by atoms with Gasteiger partial charge in [-0.3, -0.25) is 4.84 Å². The Hall–Kier alpha value is -3.23. The van der Waals surface area contributed by atoms with Crippen LogP contribution in [0.4, 0.5) is 21.9 Å². The Morgan fingerprint density at radius 2 is 1.66 bits per heavy atom. The van der Waals surface area contributed by atoms with Crippen LogP contribution < -0.4 is 20.2 Å². The Bertz CT molecular complexity index is 1220. The maximum atomic E-state index is 13.4. The Labute approximate surface area is 229 Å². The fraction of sp³-hybridized carbons (Fsp3) is 0.333. The lowest BCUT2D eigenvalue weighted by Crippen LogP contribution is -2.53. The predicted molar refractivity (Wildman–Crippen MR) is 153 cm³/mol. The molecule has 1 atom stereocenters. The van der Waals surface area contributed by atoms with Gasteiger partial charge in [-0.2, -0.15) is 5.06 Å². The number of para-hydroxylation sites is 1. The Morgan fingerprint density at radius 1 is 1.00 bits per heavy atom. The van der Waals surface area contributed by atoms with Gasteiger partial charge < -0.3 is 5.32 Å². The predicted octanol–water partition coefficient (Wildman–Crippen LogP) is 6.40. The van der Waals surface area contributed by atoms with Gasteiger partial charge >= 0.3 is 11.9 Å². The highest BCUT2D eigenvalue weighted by molar-refractivity contribution is 6.33. The summed E-state index contributed by atoms with van der Waals surface area (Å²) in [7, 11) is 1.41. The van der Waals surface area contributed by atoms with E-state index in [9.17, 15) is 9.59 Å². The van der Waals surface area contributed by atoms with Gasteiger partial charge in [0, 0.05) is 42.9 Å². The molecular formula is C30H35ClN4O3+. The Morgan fingerprint density at radius 3 is 2.29 bits per heavy atom. The van der Waals surface area contributed by atoms with E-state index in [0.29, 0.717) is 35.4 Å². The molecule has 8 heteroatoms. The van der Waals surface area contributed by atoms with E-state index in [4.69, 9.17) is 16.4 Å². The van der Waals surface area contributed by atoms with Crippen LogP contribution in [0, 0.1) is 5.92 Å². The summed E-state index contributed by atoms with van der Waals surface area (Å²) in [5.41, 5.74) is 3.03. The van der Waals surface area contributed by atoms with E-state index >= 15 is 0 Å². The monoisotopic (exact) mass is 534 g/mol. The average molecular weight is 535 g/mol. The SMILES string of the molecule is CON(C(=O)Nc1ccc([N+](CCC2CC[N]CC2)(Cc2ccccc2)C(C)=O)cc1)c1ccccc1Cl. The van der Waals surface area contributed by atoms with Crippen LogP contribution in [0.25, 0.3) is 0 Å². The molecule has 0 saturated carbocycles. The van der Waals surface area contributed by atoms with E-state index in [0.717, 1.165) is 48.7 Å². The molecule has 38 heavy (non-hydrogen) atoms.